The van der Waals surface area contributed by atoms with Gasteiger partial charge in [-0.3, -0.25) is 14.4 Å². The second kappa shape index (κ2) is 14.4. The first-order chi connectivity index (χ1) is 10.6. The van der Waals surface area contributed by atoms with Crippen LogP contribution in [0.15, 0.2) is 0 Å². The molecule has 0 saturated carbocycles. The van der Waals surface area contributed by atoms with Gasteiger partial charge in [-0.1, -0.05) is 38.5 Å². The number of rotatable bonds is 14. The Morgan fingerprint density at radius 2 is 1.36 bits per heavy atom. The maximum absolute atomic E-state index is 11.4. The van der Waals surface area contributed by atoms with E-state index >= 15 is 0 Å². The number of methoxy groups -OCH3 is 1. The van der Waals surface area contributed by atoms with E-state index in [1.54, 1.807) is 0 Å². The van der Waals surface area contributed by atoms with Crippen LogP contribution in [0.4, 0.5) is 0 Å². The topological polar surface area (TPSA) is 92.7 Å². The maximum Gasteiger partial charge on any atom is 0.306 e. The summed E-state index contributed by atoms with van der Waals surface area (Å²) in [7, 11) is 1.31. The normalized spacial score (nSPS) is 10.2. The Balaban J connectivity index is 3.21. The van der Waals surface area contributed by atoms with Crippen LogP contribution in [0.1, 0.15) is 70.6 Å². The molecular weight excluding hydrogens is 286 g/mol. The molecule has 0 aliphatic rings. The summed E-state index contributed by atoms with van der Waals surface area (Å²) in [6.07, 6.45) is 8.90. The van der Waals surface area contributed by atoms with Crippen molar-refractivity contribution in [3.05, 3.63) is 0 Å². The van der Waals surface area contributed by atoms with E-state index in [9.17, 15) is 14.4 Å². The lowest BCUT2D eigenvalue weighted by Crippen LogP contribution is -2.24. The van der Waals surface area contributed by atoms with Crippen molar-refractivity contribution in [2.45, 2.75) is 70.6 Å². The molecule has 1 amide bonds. The van der Waals surface area contributed by atoms with Crippen molar-refractivity contribution in [2.75, 3.05) is 13.7 Å². The Hall–Kier alpha value is -1.59. The fraction of sp³-hybridized carbons (Fsp3) is 0.812. The highest BCUT2D eigenvalue weighted by Crippen LogP contribution is 2.09. The molecule has 0 radical (unpaired) electrons. The standard InChI is InChI=1S/C16H29NO5/c1-22-16(21)12-11-14(18)17-13-9-7-5-3-2-4-6-8-10-15(19)20/h2-13H2,1H3,(H,17,18)(H,19,20). The minimum absolute atomic E-state index is 0.108. The third-order valence-electron chi connectivity index (χ3n) is 3.42. The number of carboxylic acids is 1. The molecule has 0 fully saturated rings. The van der Waals surface area contributed by atoms with E-state index in [4.69, 9.17) is 5.11 Å². The first-order valence-corrected chi connectivity index (χ1v) is 8.11. The van der Waals surface area contributed by atoms with E-state index in [1.165, 1.54) is 7.11 Å². The summed E-state index contributed by atoms with van der Waals surface area (Å²) in [4.78, 5) is 32.6. The Morgan fingerprint density at radius 3 is 1.91 bits per heavy atom. The Bertz CT molecular complexity index is 330. The highest BCUT2D eigenvalue weighted by Gasteiger charge is 2.05. The smallest absolute Gasteiger partial charge is 0.306 e. The van der Waals surface area contributed by atoms with Gasteiger partial charge in [-0.25, -0.2) is 0 Å². The van der Waals surface area contributed by atoms with E-state index in [0.717, 1.165) is 51.4 Å². The zero-order chi connectivity index (χ0) is 16.6. The highest BCUT2D eigenvalue weighted by molar-refractivity contribution is 5.81. The van der Waals surface area contributed by atoms with Crippen molar-refractivity contribution in [1.82, 2.24) is 5.32 Å². The van der Waals surface area contributed by atoms with Gasteiger partial charge in [-0.05, 0) is 12.8 Å². The monoisotopic (exact) mass is 315 g/mol. The molecule has 0 saturated heterocycles. The summed E-state index contributed by atoms with van der Waals surface area (Å²) < 4.78 is 4.47. The number of nitrogens with one attached hydrogen (secondary N) is 1. The van der Waals surface area contributed by atoms with Gasteiger partial charge in [-0.15, -0.1) is 0 Å². The van der Waals surface area contributed by atoms with Crippen LogP contribution in [0, 0.1) is 0 Å². The first-order valence-electron chi connectivity index (χ1n) is 8.11. The van der Waals surface area contributed by atoms with Crippen molar-refractivity contribution in [1.29, 1.82) is 0 Å². The second-order valence-electron chi connectivity index (χ2n) is 5.40. The summed E-state index contributed by atoms with van der Waals surface area (Å²) in [5.41, 5.74) is 0. The van der Waals surface area contributed by atoms with Crippen molar-refractivity contribution >= 4 is 17.8 Å². The summed E-state index contributed by atoms with van der Waals surface area (Å²) >= 11 is 0. The van der Waals surface area contributed by atoms with E-state index in [2.05, 4.69) is 10.1 Å². The minimum atomic E-state index is -0.714. The molecule has 2 N–H and O–H groups in total. The SMILES string of the molecule is COC(=O)CCC(=O)NCCCCCCCCCCC(=O)O. The average Bonchev–Trinajstić information content (AvgIpc) is 2.49. The van der Waals surface area contributed by atoms with E-state index in [-0.39, 0.29) is 31.1 Å². The second-order valence-corrected chi connectivity index (χ2v) is 5.40. The molecule has 0 bridgehead atoms. The zero-order valence-corrected chi connectivity index (χ0v) is 13.6. The minimum Gasteiger partial charge on any atom is -0.481 e. The lowest BCUT2D eigenvalue weighted by molar-refractivity contribution is -0.142. The number of esters is 1. The Labute approximate surface area is 132 Å². The molecule has 0 rings (SSSR count). The number of ether oxygens (including phenoxy) is 1. The third kappa shape index (κ3) is 14.8. The van der Waals surface area contributed by atoms with E-state index < -0.39 is 5.97 Å². The molecule has 0 aromatic heterocycles. The van der Waals surface area contributed by atoms with Gasteiger partial charge in [0.2, 0.25) is 5.91 Å². The predicted octanol–water partition coefficient (Wildman–Crippen LogP) is 2.65. The summed E-state index contributed by atoms with van der Waals surface area (Å²) in [6.45, 7) is 0.651. The number of hydrogen-bond acceptors (Lipinski definition) is 4. The van der Waals surface area contributed by atoms with Gasteiger partial charge in [0.25, 0.3) is 0 Å². The van der Waals surface area contributed by atoms with Crippen molar-refractivity contribution in [2.24, 2.45) is 0 Å². The molecule has 0 heterocycles. The number of carboxylic acid groups (broad SMARTS) is 1. The Morgan fingerprint density at radius 1 is 0.818 bits per heavy atom. The fourth-order valence-corrected chi connectivity index (χ4v) is 2.10. The van der Waals surface area contributed by atoms with Gasteiger partial charge in [-0.2, -0.15) is 0 Å². The lowest BCUT2D eigenvalue weighted by atomic mass is 10.1. The third-order valence-corrected chi connectivity index (χ3v) is 3.42. The van der Waals surface area contributed by atoms with Crippen LogP contribution in [-0.2, 0) is 19.1 Å². The highest BCUT2D eigenvalue weighted by atomic mass is 16.5. The maximum atomic E-state index is 11.4. The summed E-state index contributed by atoms with van der Waals surface area (Å²) in [5.74, 6) is -1.18. The Kier molecular flexibility index (Phi) is 13.3. The van der Waals surface area contributed by atoms with Crippen LogP contribution in [-0.4, -0.2) is 36.6 Å². The summed E-state index contributed by atoms with van der Waals surface area (Å²) in [6, 6.07) is 0. The summed E-state index contributed by atoms with van der Waals surface area (Å²) in [5, 5.41) is 11.3. The zero-order valence-electron chi connectivity index (χ0n) is 13.6. The lowest BCUT2D eigenvalue weighted by Gasteiger charge is -2.05. The van der Waals surface area contributed by atoms with Crippen LogP contribution >= 0.6 is 0 Å². The van der Waals surface area contributed by atoms with Crippen molar-refractivity contribution in [3.8, 4) is 0 Å². The van der Waals surface area contributed by atoms with Crippen LogP contribution in [0.3, 0.4) is 0 Å². The predicted molar refractivity (Wildman–Crippen MR) is 83.4 cm³/mol. The largest absolute Gasteiger partial charge is 0.481 e. The van der Waals surface area contributed by atoms with E-state index in [0.29, 0.717) is 6.54 Å². The molecule has 6 heteroatoms. The van der Waals surface area contributed by atoms with Crippen molar-refractivity contribution < 1.29 is 24.2 Å². The number of carbonyl (C=O) groups is 3. The molecule has 0 aromatic rings. The number of hydrogen-bond donors (Lipinski definition) is 2. The van der Waals surface area contributed by atoms with Crippen LogP contribution in [0.2, 0.25) is 0 Å². The molecule has 0 atom stereocenters. The number of amides is 1. The van der Waals surface area contributed by atoms with Crippen LogP contribution in [0.25, 0.3) is 0 Å². The van der Waals surface area contributed by atoms with Crippen LogP contribution < -0.4 is 5.32 Å². The molecule has 0 aromatic carbocycles. The molecule has 0 unspecified atom stereocenters. The molecule has 128 valence electrons. The molecular formula is C16H29NO5. The molecule has 0 aliphatic carbocycles. The molecule has 22 heavy (non-hydrogen) atoms. The van der Waals surface area contributed by atoms with Gasteiger partial charge < -0.3 is 15.2 Å². The van der Waals surface area contributed by atoms with Gasteiger partial charge in [0.05, 0.1) is 13.5 Å². The molecule has 6 nitrogen and oxygen atoms in total. The first kappa shape index (κ1) is 20.4. The molecule has 0 spiro atoms. The van der Waals surface area contributed by atoms with Crippen LogP contribution in [0.5, 0.6) is 0 Å². The molecule has 0 aliphatic heterocycles. The number of unbranched alkanes of at least 4 members (excludes halogenated alkanes) is 7. The number of carbonyl (C=O) groups excluding carboxylic acids is 2. The van der Waals surface area contributed by atoms with Gasteiger partial charge in [0.15, 0.2) is 0 Å². The van der Waals surface area contributed by atoms with Gasteiger partial charge >= 0.3 is 11.9 Å². The fourth-order valence-electron chi connectivity index (χ4n) is 2.10. The average molecular weight is 315 g/mol. The number of aliphatic carboxylic acids is 1. The quantitative estimate of drug-likeness (QED) is 0.380. The van der Waals surface area contributed by atoms with Gasteiger partial charge in [0, 0.05) is 19.4 Å². The van der Waals surface area contributed by atoms with E-state index in [1.807, 2.05) is 0 Å². The van der Waals surface area contributed by atoms with Crippen molar-refractivity contribution in [3.63, 3.8) is 0 Å². The van der Waals surface area contributed by atoms with Gasteiger partial charge in [0.1, 0.15) is 0 Å².